The molecule has 2 aromatic heterocycles. The first-order valence-electron chi connectivity index (χ1n) is 3.21. The summed E-state index contributed by atoms with van der Waals surface area (Å²) >= 11 is 0. The predicted molar refractivity (Wildman–Crippen MR) is 39.6 cm³/mol. The molecule has 0 radical (unpaired) electrons. The standard InChI is InChI=1S/C7H6N4/c1-2-11-7(10-1)6-3-8-5-9-4-6/h1-5H,(H,10,11). The maximum atomic E-state index is 4.05. The summed E-state index contributed by atoms with van der Waals surface area (Å²) in [5.74, 6) is 0.797. The van der Waals surface area contributed by atoms with E-state index in [0.29, 0.717) is 0 Å². The van der Waals surface area contributed by atoms with Crippen LogP contribution in [-0.2, 0) is 0 Å². The van der Waals surface area contributed by atoms with Crippen molar-refractivity contribution in [3.8, 4) is 11.4 Å². The number of aromatic amines is 1. The molecule has 0 aliphatic heterocycles. The van der Waals surface area contributed by atoms with Gasteiger partial charge >= 0.3 is 0 Å². The van der Waals surface area contributed by atoms with Crippen LogP contribution in [0.3, 0.4) is 0 Å². The highest BCUT2D eigenvalue weighted by Crippen LogP contribution is 2.08. The predicted octanol–water partition coefficient (Wildman–Crippen LogP) is 0.867. The van der Waals surface area contributed by atoms with Crippen molar-refractivity contribution in [3.63, 3.8) is 0 Å². The number of rotatable bonds is 1. The molecular formula is C7H6N4. The summed E-state index contributed by atoms with van der Waals surface area (Å²) < 4.78 is 0. The van der Waals surface area contributed by atoms with Gasteiger partial charge < -0.3 is 4.98 Å². The van der Waals surface area contributed by atoms with Crippen molar-refractivity contribution in [3.05, 3.63) is 31.1 Å². The second-order valence-corrected chi connectivity index (χ2v) is 2.06. The molecule has 0 saturated carbocycles. The van der Waals surface area contributed by atoms with Crippen molar-refractivity contribution in [2.75, 3.05) is 0 Å². The summed E-state index contributed by atoms with van der Waals surface area (Å²) in [5, 5.41) is 0. The van der Waals surface area contributed by atoms with Gasteiger partial charge in [0.05, 0.1) is 5.56 Å². The summed E-state index contributed by atoms with van der Waals surface area (Å²) in [6.07, 6.45) is 8.38. The summed E-state index contributed by atoms with van der Waals surface area (Å²) in [4.78, 5) is 14.8. The lowest BCUT2D eigenvalue weighted by molar-refractivity contribution is 1.15. The SMILES string of the molecule is c1ncc(-c2ncc[nH]2)cn1. The Balaban J connectivity index is 2.46. The number of H-pyrrole nitrogens is 1. The van der Waals surface area contributed by atoms with Gasteiger partial charge in [-0.2, -0.15) is 0 Å². The summed E-state index contributed by atoms with van der Waals surface area (Å²) in [6, 6.07) is 0. The second-order valence-electron chi connectivity index (χ2n) is 2.06. The van der Waals surface area contributed by atoms with Crippen LogP contribution >= 0.6 is 0 Å². The average Bonchev–Trinajstić information content (AvgIpc) is 2.58. The van der Waals surface area contributed by atoms with Crippen LogP contribution in [0, 0.1) is 0 Å². The molecule has 11 heavy (non-hydrogen) atoms. The zero-order valence-corrected chi connectivity index (χ0v) is 5.73. The fourth-order valence-electron chi connectivity index (χ4n) is 0.845. The molecule has 0 saturated heterocycles. The van der Waals surface area contributed by atoms with E-state index in [1.54, 1.807) is 24.8 Å². The Labute approximate surface area is 63.4 Å². The first kappa shape index (κ1) is 6.03. The minimum atomic E-state index is 0.797. The largest absolute Gasteiger partial charge is 0.345 e. The van der Waals surface area contributed by atoms with Gasteiger partial charge in [0.25, 0.3) is 0 Å². The van der Waals surface area contributed by atoms with Crippen LogP contribution in [0.4, 0.5) is 0 Å². The Bertz CT molecular complexity index is 313. The van der Waals surface area contributed by atoms with E-state index >= 15 is 0 Å². The highest BCUT2D eigenvalue weighted by molar-refractivity contribution is 5.50. The molecule has 0 atom stereocenters. The minimum Gasteiger partial charge on any atom is -0.345 e. The molecule has 4 heteroatoms. The Hall–Kier alpha value is -1.71. The molecule has 2 rings (SSSR count). The smallest absolute Gasteiger partial charge is 0.140 e. The van der Waals surface area contributed by atoms with Crippen LogP contribution in [-0.4, -0.2) is 19.9 Å². The number of hydrogen-bond donors (Lipinski definition) is 1. The Morgan fingerprint density at radius 1 is 1.18 bits per heavy atom. The van der Waals surface area contributed by atoms with Crippen LogP contribution in [0.2, 0.25) is 0 Å². The van der Waals surface area contributed by atoms with Gasteiger partial charge in [-0.25, -0.2) is 15.0 Å². The Morgan fingerprint density at radius 3 is 2.64 bits per heavy atom. The van der Waals surface area contributed by atoms with Gasteiger partial charge in [-0.1, -0.05) is 0 Å². The van der Waals surface area contributed by atoms with Crippen LogP contribution in [0.5, 0.6) is 0 Å². The molecule has 2 aromatic rings. The maximum absolute atomic E-state index is 4.05. The van der Waals surface area contributed by atoms with E-state index < -0.39 is 0 Å². The van der Waals surface area contributed by atoms with Crippen molar-refractivity contribution >= 4 is 0 Å². The molecule has 0 bridgehead atoms. The van der Waals surface area contributed by atoms with Crippen LogP contribution in [0.1, 0.15) is 0 Å². The van der Waals surface area contributed by atoms with Crippen molar-refractivity contribution in [2.24, 2.45) is 0 Å². The van der Waals surface area contributed by atoms with Crippen molar-refractivity contribution < 1.29 is 0 Å². The van der Waals surface area contributed by atoms with Gasteiger partial charge in [0.2, 0.25) is 0 Å². The monoisotopic (exact) mass is 146 g/mol. The fraction of sp³-hybridized carbons (Fsp3) is 0. The third-order valence-corrected chi connectivity index (χ3v) is 1.33. The van der Waals surface area contributed by atoms with Crippen molar-refractivity contribution in [1.29, 1.82) is 0 Å². The molecule has 0 amide bonds. The number of hydrogen-bond acceptors (Lipinski definition) is 3. The number of nitrogens with one attached hydrogen (secondary N) is 1. The molecule has 2 heterocycles. The lowest BCUT2D eigenvalue weighted by Gasteiger charge is -1.91. The lowest BCUT2D eigenvalue weighted by Crippen LogP contribution is -1.82. The molecule has 0 aliphatic carbocycles. The van der Waals surface area contributed by atoms with E-state index in [-0.39, 0.29) is 0 Å². The molecule has 0 spiro atoms. The van der Waals surface area contributed by atoms with Crippen LogP contribution in [0.15, 0.2) is 31.1 Å². The van der Waals surface area contributed by atoms with Gasteiger partial charge in [-0.3, -0.25) is 0 Å². The minimum absolute atomic E-state index is 0.797. The third kappa shape index (κ3) is 1.10. The van der Waals surface area contributed by atoms with Gasteiger partial charge in [0, 0.05) is 24.8 Å². The summed E-state index contributed by atoms with van der Waals surface area (Å²) in [5.41, 5.74) is 0.900. The third-order valence-electron chi connectivity index (χ3n) is 1.33. The van der Waals surface area contributed by atoms with E-state index in [1.807, 2.05) is 0 Å². The molecular weight excluding hydrogens is 140 g/mol. The molecule has 0 fully saturated rings. The quantitative estimate of drug-likeness (QED) is 0.649. The van der Waals surface area contributed by atoms with Gasteiger partial charge in [0.1, 0.15) is 12.2 Å². The maximum Gasteiger partial charge on any atom is 0.140 e. The Kier molecular flexibility index (Phi) is 1.37. The summed E-state index contributed by atoms with van der Waals surface area (Å²) in [6.45, 7) is 0. The first-order valence-corrected chi connectivity index (χ1v) is 3.21. The van der Waals surface area contributed by atoms with Crippen molar-refractivity contribution in [2.45, 2.75) is 0 Å². The number of imidazole rings is 1. The molecule has 0 aliphatic rings. The average molecular weight is 146 g/mol. The topological polar surface area (TPSA) is 54.5 Å². The molecule has 0 unspecified atom stereocenters. The molecule has 54 valence electrons. The van der Waals surface area contributed by atoms with E-state index in [2.05, 4.69) is 19.9 Å². The normalized spacial score (nSPS) is 9.82. The van der Waals surface area contributed by atoms with Crippen LogP contribution in [0.25, 0.3) is 11.4 Å². The zero-order chi connectivity index (χ0) is 7.52. The summed E-state index contributed by atoms with van der Waals surface area (Å²) in [7, 11) is 0. The van der Waals surface area contributed by atoms with Gasteiger partial charge in [-0.15, -0.1) is 0 Å². The van der Waals surface area contributed by atoms with E-state index in [9.17, 15) is 0 Å². The zero-order valence-electron chi connectivity index (χ0n) is 5.73. The van der Waals surface area contributed by atoms with E-state index in [0.717, 1.165) is 11.4 Å². The highest BCUT2D eigenvalue weighted by Gasteiger charge is 1.96. The second kappa shape index (κ2) is 2.49. The van der Waals surface area contributed by atoms with Gasteiger partial charge in [-0.05, 0) is 0 Å². The fourth-order valence-corrected chi connectivity index (χ4v) is 0.845. The van der Waals surface area contributed by atoms with Crippen molar-refractivity contribution in [1.82, 2.24) is 19.9 Å². The number of nitrogens with zero attached hydrogens (tertiary/aromatic N) is 3. The highest BCUT2D eigenvalue weighted by atomic mass is 14.9. The molecule has 4 nitrogen and oxygen atoms in total. The molecule has 1 N–H and O–H groups in total. The number of aromatic nitrogens is 4. The van der Waals surface area contributed by atoms with E-state index in [1.165, 1.54) is 6.33 Å². The Morgan fingerprint density at radius 2 is 2.00 bits per heavy atom. The van der Waals surface area contributed by atoms with Crippen LogP contribution < -0.4 is 0 Å². The van der Waals surface area contributed by atoms with Gasteiger partial charge in [0.15, 0.2) is 0 Å². The van der Waals surface area contributed by atoms with E-state index in [4.69, 9.17) is 0 Å². The molecule has 0 aromatic carbocycles. The first-order chi connectivity index (χ1) is 5.47. The lowest BCUT2D eigenvalue weighted by atomic mass is 10.3.